The lowest BCUT2D eigenvalue weighted by Gasteiger charge is -2.02. The van der Waals surface area contributed by atoms with Gasteiger partial charge in [0.15, 0.2) is 0 Å². The molecule has 0 heterocycles. The van der Waals surface area contributed by atoms with Gasteiger partial charge in [-0.3, -0.25) is 9.59 Å². The van der Waals surface area contributed by atoms with Gasteiger partial charge in [-0.2, -0.15) is 0 Å². The quantitative estimate of drug-likeness (QED) is 0.692. The molecule has 1 aromatic carbocycles. The Labute approximate surface area is 75.7 Å². The topological polar surface area (TPSA) is 72.2 Å². The smallest absolute Gasteiger partial charge is 0.248 e. The summed E-state index contributed by atoms with van der Waals surface area (Å²) < 4.78 is 0. The maximum atomic E-state index is 10.7. The molecule has 3 N–H and O–H groups in total. The standard InChI is InChI=1S/C9H9N2O2/c1-6(12)11-8-4-2-3-7(5-8)9(10)13/h2-5H,1H2,(H2,10,13)(H,11,12). The summed E-state index contributed by atoms with van der Waals surface area (Å²) in [6.45, 7) is 3.14. The summed E-state index contributed by atoms with van der Waals surface area (Å²) >= 11 is 0. The van der Waals surface area contributed by atoms with E-state index in [1.165, 1.54) is 6.07 Å². The zero-order chi connectivity index (χ0) is 9.84. The van der Waals surface area contributed by atoms with Gasteiger partial charge in [0.05, 0.1) is 0 Å². The molecule has 0 fully saturated rings. The summed E-state index contributed by atoms with van der Waals surface area (Å²) in [4.78, 5) is 21.3. The number of nitrogens with two attached hydrogens (primary N) is 1. The first-order chi connectivity index (χ1) is 6.09. The minimum Gasteiger partial charge on any atom is -0.366 e. The van der Waals surface area contributed by atoms with E-state index >= 15 is 0 Å². The van der Waals surface area contributed by atoms with Crippen LogP contribution in [0.4, 0.5) is 5.69 Å². The maximum absolute atomic E-state index is 10.7. The lowest BCUT2D eigenvalue weighted by atomic mass is 10.2. The van der Waals surface area contributed by atoms with Gasteiger partial charge in [0.2, 0.25) is 11.8 Å². The molecule has 0 atom stereocenters. The van der Waals surface area contributed by atoms with Crippen LogP contribution in [0.15, 0.2) is 24.3 Å². The molecule has 1 radical (unpaired) electrons. The largest absolute Gasteiger partial charge is 0.366 e. The Morgan fingerprint density at radius 3 is 2.62 bits per heavy atom. The van der Waals surface area contributed by atoms with Crippen molar-refractivity contribution in [3.8, 4) is 0 Å². The second-order valence-corrected chi connectivity index (χ2v) is 2.49. The maximum Gasteiger partial charge on any atom is 0.248 e. The predicted octanol–water partition coefficient (Wildman–Crippen LogP) is 0.558. The number of hydrogen-bond donors (Lipinski definition) is 2. The van der Waals surface area contributed by atoms with Crippen molar-refractivity contribution < 1.29 is 9.59 Å². The molecule has 2 amide bonds. The van der Waals surface area contributed by atoms with Crippen molar-refractivity contribution in [3.63, 3.8) is 0 Å². The highest BCUT2D eigenvalue weighted by molar-refractivity contribution is 5.97. The molecule has 0 unspecified atom stereocenters. The van der Waals surface area contributed by atoms with Crippen molar-refractivity contribution in [2.75, 3.05) is 5.32 Å². The molecule has 0 aliphatic carbocycles. The highest BCUT2D eigenvalue weighted by Gasteiger charge is 2.01. The number of hydrogen-bond acceptors (Lipinski definition) is 2. The first-order valence-electron chi connectivity index (χ1n) is 3.62. The van der Waals surface area contributed by atoms with Crippen molar-refractivity contribution >= 4 is 17.5 Å². The molecular formula is C9H9N2O2. The van der Waals surface area contributed by atoms with Crippen LogP contribution in [-0.4, -0.2) is 11.8 Å². The van der Waals surface area contributed by atoms with Gasteiger partial charge in [-0.15, -0.1) is 0 Å². The van der Waals surface area contributed by atoms with Crippen molar-refractivity contribution in [1.82, 2.24) is 0 Å². The van der Waals surface area contributed by atoms with E-state index < -0.39 is 11.8 Å². The summed E-state index contributed by atoms with van der Waals surface area (Å²) in [7, 11) is 0. The average molecular weight is 177 g/mol. The Bertz CT molecular complexity index is 347. The number of carbonyl (C=O) groups is 2. The molecule has 0 saturated heterocycles. The number of rotatable bonds is 2. The lowest BCUT2D eigenvalue weighted by Crippen LogP contribution is -2.12. The molecule has 0 spiro atoms. The van der Waals surface area contributed by atoms with Crippen LogP contribution in [0, 0.1) is 6.92 Å². The number of anilines is 1. The van der Waals surface area contributed by atoms with E-state index in [-0.39, 0.29) is 0 Å². The number of nitrogens with one attached hydrogen (secondary N) is 1. The van der Waals surface area contributed by atoms with E-state index in [1.807, 2.05) is 0 Å². The van der Waals surface area contributed by atoms with Crippen molar-refractivity contribution in [3.05, 3.63) is 36.8 Å². The Balaban J connectivity index is 2.91. The van der Waals surface area contributed by atoms with E-state index in [0.29, 0.717) is 11.3 Å². The highest BCUT2D eigenvalue weighted by atomic mass is 16.1. The minimum absolute atomic E-state index is 0.353. The van der Waals surface area contributed by atoms with Gasteiger partial charge < -0.3 is 11.1 Å². The van der Waals surface area contributed by atoms with Crippen LogP contribution in [0.1, 0.15) is 10.4 Å². The van der Waals surface area contributed by atoms with Gasteiger partial charge in [0.1, 0.15) is 0 Å². The van der Waals surface area contributed by atoms with Gasteiger partial charge in [-0.25, -0.2) is 0 Å². The molecule has 0 aromatic heterocycles. The van der Waals surface area contributed by atoms with E-state index in [2.05, 4.69) is 12.2 Å². The highest BCUT2D eigenvalue weighted by Crippen LogP contribution is 2.09. The Morgan fingerprint density at radius 2 is 2.08 bits per heavy atom. The number of carbonyl (C=O) groups excluding carboxylic acids is 2. The van der Waals surface area contributed by atoms with Crippen LogP contribution >= 0.6 is 0 Å². The third kappa shape index (κ3) is 2.59. The number of amides is 2. The molecule has 0 saturated carbocycles. The Morgan fingerprint density at radius 1 is 1.38 bits per heavy atom. The van der Waals surface area contributed by atoms with E-state index in [1.54, 1.807) is 18.2 Å². The van der Waals surface area contributed by atoms with Crippen molar-refractivity contribution in [2.45, 2.75) is 0 Å². The molecule has 1 aromatic rings. The van der Waals surface area contributed by atoms with Gasteiger partial charge in [0.25, 0.3) is 0 Å². The molecule has 1 rings (SSSR count). The zero-order valence-electron chi connectivity index (χ0n) is 6.91. The van der Waals surface area contributed by atoms with Crippen LogP contribution in [0.2, 0.25) is 0 Å². The molecule has 0 aliphatic heterocycles. The van der Waals surface area contributed by atoms with Crippen LogP contribution < -0.4 is 11.1 Å². The fraction of sp³-hybridized carbons (Fsp3) is 0. The number of benzene rings is 1. The molecule has 67 valence electrons. The number of primary amides is 1. The fourth-order valence-electron chi connectivity index (χ4n) is 0.911. The molecule has 0 bridgehead atoms. The summed E-state index contributed by atoms with van der Waals surface area (Å²) in [5.41, 5.74) is 5.91. The zero-order valence-corrected chi connectivity index (χ0v) is 6.91. The normalized spacial score (nSPS) is 9.31. The second-order valence-electron chi connectivity index (χ2n) is 2.49. The monoisotopic (exact) mass is 177 g/mol. The molecule has 0 aliphatic rings. The van der Waals surface area contributed by atoms with Crippen LogP contribution in [0.25, 0.3) is 0 Å². The summed E-state index contributed by atoms with van der Waals surface area (Å²) in [6.07, 6.45) is 0. The van der Waals surface area contributed by atoms with E-state index in [4.69, 9.17) is 5.73 Å². The third-order valence-electron chi connectivity index (χ3n) is 1.43. The van der Waals surface area contributed by atoms with Crippen LogP contribution in [0.5, 0.6) is 0 Å². The third-order valence-corrected chi connectivity index (χ3v) is 1.43. The van der Waals surface area contributed by atoms with Crippen molar-refractivity contribution in [1.29, 1.82) is 0 Å². The van der Waals surface area contributed by atoms with Crippen LogP contribution in [-0.2, 0) is 4.79 Å². The predicted molar refractivity (Wildman–Crippen MR) is 48.9 cm³/mol. The Hall–Kier alpha value is -1.84. The molecule has 13 heavy (non-hydrogen) atoms. The van der Waals surface area contributed by atoms with E-state index in [0.717, 1.165) is 0 Å². The fourth-order valence-corrected chi connectivity index (χ4v) is 0.911. The van der Waals surface area contributed by atoms with Gasteiger partial charge in [-0.1, -0.05) is 6.07 Å². The van der Waals surface area contributed by atoms with E-state index in [9.17, 15) is 9.59 Å². The van der Waals surface area contributed by atoms with Gasteiger partial charge in [0, 0.05) is 18.2 Å². The van der Waals surface area contributed by atoms with Crippen LogP contribution in [0.3, 0.4) is 0 Å². The second kappa shape index (κ2) is 3.71. The first kappa shape index (κ1) is 9.25. The minimum atomic E-state index is -0.528. The molecule has 4 heteroatoms. The van der Waals surface area contributed by atoms with Gasteiger partial charge in [-0.05, 0) is 18.2 Å². The SMILES string of the molecule is [CH2]C(=O)Nc1cccc(C(N)=O)c1. The lowest BCUT2D eigenvalue weighted by molar-refractivity contribution is -0.112. The summed E-state index contributed by atoms with van der Waals surface area (Å²) in [6, 6.07) is 6.34. The average Bonchev–Trinajstić information content (AvgIpc) is 2.03. The summed E-state index contributed by atoms with van der Waals surface area (Å²) in [5.74, 6) is -0.957. The summed E-state index contributed by atoms with van der Waals surface area (Å²) in [5, 5.41) is 2.44. The molecular weight excluding hydrogens is 168 g/mol. The Kier molecular flexibility index (Phi) is 2.64. The molecule has 4 nitrogen and oxygen atoms in total. The first-order valence-corrected chi connectivity index (χ1v) is 3.62. The van der Waals surface area contributed by atoms with Crippen molar-refractivity contribution in [2.24, 2.45) is 5.73 Å². The van der Waals surface area contributed by atoms with Gasteiger partial charge >= 0.3 is 0 Å².